The summed E-state index contributed by atoms with van der Waals surface area (Å²) in [6.45, 7) is 1.63. The van der Waals surface area contributed by atoms with Crippen molar-refractivity contribution in [1.29, 1.82) is 0 Å². The van der Waals surface area contributed by atoms with Gasteiger partial charge in [-0.25, -0.2) is 4.68 Å². The molecule has 1 heterocycles. The first-order valence-electron chi connectivity index (χ1n) is 6.35. The van der Waals surface area contributed by atoms with E-state index in [2.05, 4.69) is 5.10 Å². The summed E-state index contributed by atoms with van der Waals surface area (Å²) in [5.41, 5.74) is 0.902. The number of alkyl halides is 3. The number of methoxy groups -OCH3 is 1. The Bertz CT molecular complexity index is 618. The Kier molecular flexibility index (Phi) is 4.22. The van der Waals surface area contributed by atoms with Crippen LogP contribution >= 0.6 is 0 Å². The van der Waals surface area contributed by atoms with Crippen LogP contribution in [0, 0.1) is 0 Å². The van der Waals surface area contributed by atoms with Gasteiger partial charge in [0, 0.05) is 0 Å². The highest BCUT2D eigenvalue weighted by atomic mass is 19.4. The number of rotatable bonds is 4. The SMILES string of the molecule is CCc1nn(-c2ccc(C(F)(F)F)cc2)c(OC)c1CO. The number of aliphatic hydroxyl groups is 1. The van der Waals surface area contributed by atoms with Gasteiger partial charge >= 0.3 is 6.18 Å². The van der Waals surface area contributed by atoms with Crippen molar-refractivity contribution in [2.75, 3.05) is 7.11 Å². The van der Waals surface area contributed by atoms with E-state index in [9.17, 15) is 18.3 Å². The predicted molar refractivity (Wildman–Crippen MR) is 70.4 cm³/mol. The summed E-state index contributed by atoms with van der Waals surface area (Å²) in [7, 11) is 1.43. The average molecular weight is 300 g/mol. The molecule has 0 saturated carbocycles. The van der Waals surface area contributed by atoms with Crippen LogP contribution < -0.4 is 4.74 Å². The average Bonchev–Trinajstić information content (AvgIpc) is 2.84. The highest BCUT2D eigenvalue weighted by Gasteiger charge is 2.30. The fourth-order valence-electron chi connectivity index (χ4n) is 2.10. The van der Waals surface area contributed by atoms with E-state index in [0.29, 0.717) is 29.2 Å². The van der Waals surface area contributed by atoms with E-state index >= 15 is 0 Å². The van der Waals surface area contributed by atoms with Gasteiger partial charge in [-0.3, -0.25) is 0 Å². The first kappa shape index (κ1) is 15.4. The number of benzene rings is 1. The molecule has 0 atom stereocenters. The van der Waals surface area contributed by atoms with Crippen molar-refractivity contribution in [3.63, 3.8) is 0 Å². The molecule has 0 fully saturated rings. The van der Waals surface area contributed by atoms with Crippen molar-refractivity contribution in [3.05, 3.63) is 41.1 Å². The lowest BCUT2D eigenvalue weighted by molar-refractivity contribution is -0.137. The Morgan fingerprint density at radius 3 is 2.29 bits per heavy atom. The molecule has 0 amide bonds. The van der Waals surface area contributed by atoms with Crippen LogP contribution in [0.5, 0.6) is 5.88 Å². The minimum atomic E-state index is -4.38. The maximum atomic E-state index is 12.6. The first-order chi connectivity index (χ1) is 9.92. The van der Waals surface area contributed by atoms with Gasteiger partial charge in [-0.1, -0.05) is 6.92 Å². The zero-order valence-corrected chi connectivity index (χ0v) is 11.6. The Morgan fingerprint density at radius 1 is 1.24 bits per heavy atom. The van der Waals surface area contributed by atoms with Crippen LogP contribution in [0.4, 0.5) is 13.2 Å². The Hall–Kier alpha value is -2.02. The lowest BCUT2D eigenvalue weighted by Crippen LogP contribution is -2.06. The highest BCUT2D eigenvalue weighted by Crippen LogP contribution is 2.31. The second kappa shape index (κ2) is 5.77. The summed E-state index contributed by atoms with van der Waals surface area (Å²) in [6.07, 6.45) is -3.79. The number of aromatic nitrogens is 2. The molecule has 2 aromatic rings. The van der Waals surface area contributed by atoms with Crippen molar-refractivity contribution in [1.82, 2.24) is 9.78 Å². The molecule has 0 unspecified atom stereocenters. The van der Waals surface area contributed by atoms with Crippen LogP contribution in [0.3, 0.4) is 0 Å². The minimum absolute atomic E-state index is 0.243. The van der Waals surface area contributed by atoms with Crippen LogP contribution in [0.15, 0.2) is 24.3 Å². The number of hydrogen-bond donors (Lipinski definition) is 1. The van der Waals surface area contributed by atoms with Crippen LogP contribution in [0.2, 0.25) is 0 Å². The van der Waals surface area contributed by atoms with Gasteiger partial charge in [-0.15, -0.1) is 0 Å². The quantitative estimate of drug-likeness (QED) is 0.944. The molecule has 0 spiro atoms. The lowest BCUT2D eigenvalue weighted by Gasteiger charge is -2.10. The van der Waals surface area contributed by atoms with Crippen molar-refractivity contribution >= 4 is 0 Å². The van der Waals surface area contributed by atoms with Crippen molar-refractivity contribution in [2.24, 2.45) is 0 Å². The smallest absolute Gasteiger partial charge is 0.416 e. The molecule has 0 radical (unpaired) electrons. The molecule has 0 saturated heterocycles. The maximum absolute atomic E-state index is 12.6. The van der Waals surface area contributed by atoms with Gasteiger partial charge in [0.1, 0.15) is 0 Å². The highest BCUT2D eigenvalue weighted by molar-refractivity contribution is 5.42. The lowest BCUT2D eigenvalue weighted by atomic mass is 10.2. The third-order valence-corrected chi connectivity index (χ3v) is 3.15. The zero-order valence-electron chi connectivity index (χ0n) is 11.6. The molecule has 0 aliphatic heterocycles. The largest absolute Gasteiger partial charge is 0.481 e. The molecule has 114 valence electrons. The van der Waals surface area contributed by atoms with Gasteiger partial charge in [0.05, 0.1) is 36.2 Å². The molecule has 1 N–H and O–H groups in total. The number of halogens is 3. The summed E-state index contributed by atoms with van der Waals surface area (Å²) in [4.78, 5) is 0. The molecule has 7 heteroatoms. The molecule has 21 heavy (non-hydrogen) atoms. The van der Waals surface area contributed by atoms with Gasteiger partial charge in [-0.2, -0.15) is 18.3 Å². The molecule has 4 nitrogen and oxygen atoms in total. The second-order valence-corrected chi connectivity index (χ2v) is 4.40. The number of aliphatic hydroxyl groups excluding tert-OH is 1. The normalized spacial score (nSPS) is 11.7. The van der Waals surface area contributed by atoms with Crippen molar-refractivity contribution in [3.8, 4) is 11.6 Å². The molecular weight excluding hydrogens is 285 g/mol. The van der Waals surface area contributed by atoms with E-state index in [1.54, 1.807) is 0 Å². The van der Waals surface area contributed by atoms with Crippen LogP contribution in [0.25, 0.3) is 5.69 Å². The third kappa shape index (κ3) is 2.87. The van der Waals surface area contributed by atoms with Gasteiger partial charge in [0.2, 0.25) is 5.88 Å². The molecule has 0 aliphatic rings. The first-order valence-corrected chi connectivity index (χ1v) is 6.35. The predicted octanol–water partition coefficient (Wildman–Crippen LogP) is 2.95. The standard InChI is InChI=1S/C14H15F3N2O2/c1-3-12-11(8-20)13(21-2)19(18-12)10-6-4-9(5-7-10)14(15,16)17/h4-7,20H,3,8H2,1-2H3. The molecule has 2 rings (SSSR count). The van der Waals surface area contributed by atoms with Gasteiger partial charge in [0.15, 0.2) is 0 Å². The van der Waals surface area contributed by atoms with E-state index < -0.39 is 11.7 Å². The van der Waals surface area contributed by atoms with Crippen LogP contribution in [-0.2, 0) is 19.2 Å². The van der Waals surface area contributed by atoms with E-state index in [1.165, 1.54) is 23.9 Å². The summed E-state index contributed by atoms with van der Waals surface area (Å²) >= 11 is 0. The van der Waals surface area contributed by atoms with E-state index in [-0.39, 0.29) is 6.61 Å². The molecular formula is C14H15F3N2O2. The van der Waals surface area contributed by atoms with Gasteiger partial charge in [0.25, 0.3) is 0 Å². The fraction of sp³-hybridized carbons (Fsp3) is 0.357. The van der Waals surface area contributed by atoms with E-state index in [4.69, 9.17) is 4.74 Å². The number of hydrogen-bond acceptors (Lipinski definition) is 3. The Balaban J connectivity index is 2.49. The Morgan fingerprint density at radius 2 is 1.86 bits per heavy atom. The maximum Gasteiger partial charge on any atom is 0.416 e. The third-order valence-electron chi connectivity index (χ3n) is 3.15. The zero-order chi connectivity index (χ0) is 15.6. The second-order valence-electron chi connectivity index (χ2n) is 4.40. The molecule has 0 aliphatic carbocycles. The fourth-order valence-corrected chi connectivity index (χ4v) is 2.10. The van der Waals surface area contributed by atoms with Crippen molar-refractivity contribution in [2.45, 2.75) is 26.1 Å². The topological polar surface area (TPSA) is 47.3 Å². The van der Waals surface area contributed by atoms with Crippen LogP contribution in [0.1, 0.15) is 23.7 Å². The summed E-state index contributed by atoms with van der Waals surface area (Å²) in [6, 6.07) is 4.61. The van der Waals surface area contributed by atoms with Crippen molar-refractivity contribution < 1.29 is 23.0 Å². The number of aryl methyl sites for hydroxylation is 1. The van der Waals surface area contributed by atoms with E-state index in [1.807, 2.05) is 6.92 Å². The van der Waals surface area contributed by atoms with Gasteiger partial charge < -0.3 is 9.84 Å². The number of nitrogens with zero attached hydrogens (tertiary/aromatic N) is 2. The van der Waals surface area contributed by atoms with Crippen LogP contribution in [-0.4, -0.2) is 22.0 Å². The summed E-state index contributed by atoms with van der Waals surface area (Å²) in [5.74, 6) is 0.328. The minimum Gasteiger partial charge on any atom is -0.481 e. The Labute approximate surface area is 119 Å². The molecule has 1 aromatic heterocycles. The summed E-state index contributed by atoms with van der Waals surface area (Å²) in [5, 5.41) is 13.7. The number of ether oxygens (including phenoxy) is 1. The molecule has 0 bridgehead atoms. The summed E-state index contributed by atoms with van der Waals surface area (Å²) < 4.78 is 44.3. The van der Waals surface area contributed by atoms with Gasteiger partial charge in [-0.05, 0) is 30.7 Å². The monoisotopic (exact) mass is 300 g/mol. The molecule has 1 aromatic carbocycles. The van der Waals surface area contributed by atoms with E-state index in [0.717, 1.165) is 12.1 Å².